The van der Waals surface area contributed by atoms with Crippen LogP contribution in [-0.2, 0) is 35.6 Å². The Labute approximate surface area is 259 Å². The number of rotatable bonds is 13. The standard InChI is InChI=1S/C32H37N3O7S2/c36-31(30(34-32(37)35-20-22-42-23-21-35)19-25-44(40,41)29-14-8-3-9-15-29)33-27(17-16-26-10-4-1-5-11-26)18-24-43(38,39)28-12-6-2-7-13-28/h1-15,18,24,27,30H,16-17,19-23,25H2,(H,33,36)(H,34,37)/b24-18+/t27-,30?/m0/s1. The summed E-state index contributed by atoms with van der Waals surface area (Å²) in [6.07, 6.45) is 2.14. The Hall–Kier alpha value is -4.00. The lowest BCUT2D eigenvalue weighted by Crippen LogP contribution is -2.55. The molecule has 1 aliphatic heterocycles. The molecule has 1 fully saturated rings. The second-order valence-electron chi connectivity index (χ2n) is 10.3. The minimum Gasteiger partial charge on any atom is -0.378 e. The summed E-state index contributed by atoms with van der Waals surface area (Å²) in [5.41, 5.74) is 0.997. The second-order valence-corrected chi connectivity index (χ2v) is 14.3. The van der Waals surface area contributed by atoms with E-state index < -0.39 is 43.7 Å². The van der Waals surface area contributed by atoms with Gasteiger partial charge in [-0.2, -0.15) is 0 Å². The molecule has 12 heteroatoms. The number of ether oxygens (including phenoxy) is 1. The van der Waals surface area contributed by atoms with E-state index in [-0.39, 0.29) is 22.0 Å². The Bertz CT molecular complexity index is 1610. The number of nitrogens with one attached hydrogen (secondary N) is 2. The first-order valence-electron chi connectivity index (χ1n) is 14.4. The van der Waals surface area contributed by atoms with E-state index in [0.717, 1.165) is 11.0 Å². The summed E-state index contributed by atoms with van der Waals surface area (Å²) in [6.45, 7) is 1.38. The third kappa shape index (κ3) is 9.76. The molecule has 0 radical (unpaired) electrons. The summed E-state index contributed by atoms with van der Waals surface area (Å²) in [4.78, 5) is 28.5. The molecule has 0 spiro atoms. The second kappa shape index (κ2) is 15.6. The molecular weight excluding hydrogens is 603 g/mol. The van der Waals surface area contributed by atoms with E-state index in [4.69, 9.17) is 4.74 Å². The molecule has 2 N–H and O–H groups in total. The molecule has 3 aromatic rings. The summed E-state index contributed by atoms with van der Waals surface area (Å²) >= 11 is 0. The number of morpholine rings is 1. The zero-order chi connectivity index (χ0) is 31.4. The topological polar surface area (TPSA) is 139 Å². The van der Waals surface area contributed by atoms with Gasteiger partial charge in [-0.05, 0) is 49.1 Å². The highest BCUT2D eigenvalue weighted by Gasteiger charge is 2.28. The lowest BCUT2D eigenvalue weighted by Gasteiger charge is -2.29. The SMILES string of the molecule is O=C(N[C@H](/C=C/S(=O)(=O)c1ccccc1)CCc1ccccc1)C(CCS(=O)(=O)c1ccccc1)NC(=O)N1CCOCC1. The minimum absolute atomic E-state index is 0.117. The number of aryl methyl sites for hydroxylation is 1. The van der Waals surface area contributed by atoms with Crippen LogP contribution >= 0.6 is 0 Å². The van der Waals surface area contributed by atoms with Crippen molar-refractivity contribution in [3.05, 3.63) is 108 Å². The number of hydrogen-bond donors (Lipinski definition) is 2. The van der Waals surface area contributed by atoms with E-state index in [1.165, 1.54) is 35.2 Å². The Morgan fingerprint density at radius 2 is 1.34 bits per heavy atom. The minimum atomic E-state index is -3.79. The van der Waals surface area contributed by atoms with Gasteiger partial charge in [0.1, 0.15) is 6.04 Å². The fourth-order valence-electron chi connectivity index (χ4n) is 4.65. The van der Waals surface area contributed by atoms with Crippen molar-refractivity contribution in [1.82, 2.24) is 15.5 Å². The van der Waals surface area contributed by atoms with Crippen LogP contribution in [0.3, 0.4) is 0 Å². The predicted molar refractivity (Wildman–Crippen MR) is 167 cm³/mol. The molecule has 10 nitrogen and oxygen atoms in total. The Morgan fingerprint density at radius 3 is 1.95 bits per heavy atom. The highest BCUT2D eigenvalue weighted by atomic mass is 32.2. The molecular formula is C32H37N3O7S2. The van der Waals surface area contributed by atoms with Crippen LogP contribution in [0.4, 0.5) is 4.79 Å². The number of hydrogen-bond acceptors (Lipinski definition) is 7. The lowest BCUT2D eigenvalue weighted by molar-refractivity contribution is -0.123. The van der Waals surface area contributed by atoms with Crippen LogP contribution in [0.25, 0.3) is 0 Å². The summed E-state index contributed by atoms with van der Waals surface area (Å²) < 4.78 is 57.3. The number of urea groups is 1. The summed E-state index contributed by atoms with van der Waals surface area (Å²) in [6, 6.07) is 23.0. The van der Waals surface area contributed by atoms with Gasteiger partial charge in [-0.15, -0.1) is 0 Å². The molecule has 1 aliphatic rings. The molecule has 0 aromatic heterocycles. The molecule has 3 aromatic carbocycles. The van der Waals surface area contributed by atoms with Crippen LogP contribution in [0, 0.1) is 0 Å². The molecule has 234 valence electrons. The van der Waals surface area contributed by atoms with Crippen molar-refractivity contribution in [2.24, 2.45) is 0 Å². The van der Waals surface area contributed by atoms with Crippen molar-refractivity contribution in [3.63, 3.8) is 0 Å². The van der Waals surface area contributed by atoms with Crippen LogP contribution in [0.5, 0.6) is 0 Å². The predicted octanol–water partition coefficient (Wildman–Crippen LogP) is 3.37. The van der Waals surface area contributed by atoms with E-state index >= 15 is 0 Å². The van der Waals surface area contributed by atoms with Crippen molar-refractivity contribution in [2.45, 2.75) is 41.1 Å². The van der Waals surface area contributed by atoms with Gasteiger partial charge in [-0.1, -0.05) is 72.8 Å². The van der Waals surface area contributed by atoms with Gasteiger partial charge in [0.25, 0.3) is 0 Å². The lowest BCUT2D eigenvalue weighted by atomic mass is 10.0. The molecule has 2 atom stereocenters. The fourth-order valence-corrected chi connectivity index (χ4v) is 7.09. The van der Waals surface area contributed by atoms with E-state index in [0.29, 0.717) is 39.1 Å². The van der Waals surface area contributed by atoms with E-state index in [9.17, 15) is 26.4 Å². The number of carbonyl (C=O) groups excluding carboxylic acids is 2. The number of carbonyl (C=O) groups is 2. The van der Waals surface area contributed by atoms with Crippen LogP contribution in [0.2, 0.25) is 0 Å². The van der Waals surface area contributed by atoms with Gasteiger partial charge >= 0.3 is 6.03 Å². The third-order valence-corrected chi connectivity index (χ3v) is 10.4. The number of amides is 3. The Kier molecular flexibility index (Phi) is 11.7. The van der Waals surface area contributed by atoms with Gasteiger partial charge in [0.05, 0.1) is 28.8 Å². The molecule has 1 saturated heterocycles. The molecule has 3 amide bonds. The van der Waals surface area contributed by atoms with E-state index in [1.54, 1.807) is 36.4 Å². The summed E-state index contributed by atoms with van der Waals surface area (Å²) in [7, 11) is -7.53. The largest absolute Gasteiger partial charge is 0.378 e. The van der Waals surface area contributed by atoms with Gasteiger partial charge in [0.2, 0.25) is 5.91 Å². The first-order chi connectivity index (χ1) is 21.1. The number of nitrogens with zero attached hydrogens (tertiary/aromatic N) is 1. The fraction of sp³-hybridized carbons (Fsp3) is 0.312. The zero-order valence-electron chi connectivity index (χ0n) is 24.2. The summed E-state index contributed by atoms with van der Waals surface area (Å²) in [5, 5.41) is 6.62. The quantitative estimate of drug-likeness (QED) is 0.293. The van der Waals surface area contributed by atoms with Gasteiger partial charge in [0, 0.05) is 24.5 Å². The Morgan fingerprint density at radius 1 is 0.773 bits per heavy atom. The maximum Gasteiger partial charge on any atom is 0.318 e. The average molecular weight is 640 g/mol. The third-order valence-electron chi connectivity index (χ3n) is 7.17. The van der Waals surface area contributed by atoms with Crippen molar-refractivity contribution < 1.29 is 31.2 Å². The highest BCUT2D eigenvalue weighted by Crippen LogP contribution is 2.15. The van der Waals surface area contributed by atoms with Crippen molar-refractivity contribution in [3.8, 4) is 0 Å². The van der Waals surface area contributed by atoms with Crippen LogP contribution in [0.15, 0.2) is 112 Å². The maximum atomic E-state index is 13.7. The molecule has 44 heavy (non-hydrogen) atoms. The van der Waals surface area contributed by atoms with Crippen molar-refractivity contribution >= 4 is 31.6 Å². The molecule has 0 aliphatic carbocycles. The smallest absolute Gasteiger partial charge is 0.318 e. The maximum absolute atomic E-state index is 13.7. The summed E-state index contributed by atoms with van der Waals surface area (Å²) in [5.74, 6) is -1.000. The molecule has 1 heterocycles. The van der Waals surface area contributed by atoms with Crippen LogP contribution in [-0.4, -0.2) is 77.8 Å². The normalized spacial score (nSPS) is 15.4. The van der Waals surface area contributed by atoms with Gasteiger partial charge < -0.3 is 20.3 Å². The van der Waals surface area contributed by atoms with E-state index in [1.807, 2.05) is 30.3 Å². The van der Waals surface area contributed by atoms with Gasteiger partial charge in [0.15, 0.2) is 19.7 Å². The van der Waals surface area contributed by atoms with Gasteiger partial charge in [-0.3, -0.25) is 4.79 Å². The van der Waals surface area contributed by atoms with E-state index in [2.05, 4.69) is 10.6 Å². The first-order valence-corrected chi connectivity index (χ1v) is 17.6. The molecule has 0 saturated carbocycles. The molecule has 4 rings (SSSR count). The molecule has 1 unspecified atom stereocenters. The zero-order valence-corrected chi connectivity index (χ0v) is 25.9. The van der Waals surface area contributed by atoms with Crippen molar-refractivity contribution in [1.29, 1.82) is 0 Å². The number of sulfone groups is 2. The van der Waals surface area contributed by atoms with Crippen molar-refractivity contribution in [2.75, 3.05) is 32.1 Å². The average Bonchev–Trinajstić information content (AvgIpc) is 3.05. The van der Waals surface area contributed by atoms with Crippen LogP contribution < -0.4 is 10.6 Å². The number of benzene rings is 3. The molecule has 0 bridgehead atoms. The van der Waals surface area contributed by atoms with Gasteiger partial charge in [-0.25, -0.2) is 21.6 Å². The first kappa shape index (κ1) is 32.9. The monoisotopic (exact) mass is 639 g/mol. The highest BCUT2D eigenvalue weighted by molar-refractivity contribution is 7.94. The Balaban J connectivity index is 1.54. The van der Waals surface area contributed by atoms with Crippen LogP contribution in [0.1, 0.15) is 18.4 Å².